The van der Waals surface area contributed by atoms with Crippen molar-refractivity contribution in [1.82, 2.24) is 5.32 Å². The number of hydrogen-bond donors (Lipinski definition) is 1. The maximum absolute atomic E-state index is 13.6. The van der Waals surface area contributed by atoms with E-state index in [2.05, 4.69) is 10.1 Å². The first-order valence-corrected chi connectivity index (χ1v) is 5.37. The molecule has 1 aromatic carbocycles. The minimum absolute atomic E-state index is 0.0368. The first kappa shape index (κ1) is 13.6. The van der Waals surface area contributed by atoms with E-state index >= 15 is 0 Å². The van der Waals surface area contributed by atoms with Crippen LogP contribution >= 0.6 is 0 Å². The maximum atomic E-state index is 13.6. The monoisotopic (exact) mass is 243 g/mol. The molecule has 0 saturated heterocycles. The van der Waals surface area contributed by atoms with Crippen molar-refractivity contribution in [3.05, 3.63) is 35.4 Å². The van der Waals surface area contributed by atoms with Crippen molar-refractivity contribution in [2.45, 2.75) is 19.4 Å². The summed E-state index contributed by atoms with van der Waals surface area (Å²) < 4.78 is 31.2. The van der Waals surface area contributed by atoms with Crippen molar-refractivity contribution in [3.8, 4) is 0 Å². The van der Waals surface area contributed by atoms with Gasteiger partial charge >= 0.3 is 5.97 Å². The normalized spacial score (nSPS) is 12.2. The molecule has 1 N–H and O–H groups in total. The molecular weight excluding hydrogens is 228 g/mol. The van der Waals surface area contributed by atoms with Gasteiger partial charge in [0.25, 0.3) is 0 Å². The molecule has 1 aromatic rings. The Hall–Kier alpha value is -1.49. The minimum atomic E-state index is -1.02. The number of rotatable bonds is 5. The number of benzene rings is 1. The van der Waals surface area contributed by atoms with Gasteiger partial charge in [0.05, 0.1) is 7.11 Å². The largest absolute Gasteiger partial charge is 0.468 e. The zero-order valence-electron chi connectivity index (χ0n) is 9.80. The second-order valence-electron chi connectivity index (χ2n) is 3.55. The molecule has 0 amide bonds. The number of carbonyl (C=O) groups is 1. The van der Waals surface area contributed by atoms with Crippen LogP contribution in [0.5, 0.6) is 0 Å². The van der Waals surface area contributed by atoms with Crippen LogP contribution in [-0.4, -0.2) is 19.6 Å². The summed E-state index contributed by atoms with van der Waals surface area (Å²) >= 11 is 0. The molecule has 0 aliphatic heterocycles. The molecule has 0 fully saturated rings. The first-order valence-electron chi connectivity index (χ1n) is 5.37. The molecule has 17 heavy (non-hydrogen) atoms. The third kappa shape index (κ3) is 3.23. The van der Waals surface area contributed by atoms with Gasteiger partial charge in [-0.25, -0.2) is 13.6 Å². The molecule has 0 aliphatic rings. The number of hydrogen-bond acceptors (Lipinski definition) is 3. The smallest absolute Gasteiger partial charge is 0.327 e. The standard InChI is InChI=1S/C12H15F2NO2/c1-3-7-15-11(12(16)17-2)8-5-4-6-9(13)10(8)14/h4-6,11,15H,3,7H2,1-2H3. The quantitative estimate of drug-likeness (QED) is 0.805. The maximum Gasteiger partial charge on any atom is 0.327 e. The van der Waals surface area contributed by atoms with E-state index < -0.39 is 23.6 Å². The molecule has 0 aliphatic carbocycles. The molecule has 0 saturated carbocycles. The minimum Gasteiger partial charge on any atom is -0.468 e. The lowest BCUT2D eigenvalue weighted by Gasteiger charge is -2.17. The Morgan fingerprint density at radius 1 is 1.47 bits per heavy atom. The van der Waals surface area contributed by atoms with Crippen LogP contribution in [0, 0.1) is 11.6 Å². The van der Waals surface area contributed by atoms with Crippen molar-refractivity contribution < 1.29 is 18.3 Å². The van der Waals surface area contributed by atoms with Crippen LogP contribution in [-0.2, 0) is 9.53 Å². The Morgan fingerprint density at radius 2 is 2.18 bits per heavy atom. The molecule has 0 spiro atoms. The lowest BCUT2D eigenvalue weighted by Crippen LogP contribution is -2.31. The summed E-state index contributed by atoms with van der Waals surface area (Å²) in [6.07, 6.45) is 0.768. The Labute approximate surface area is 98.8 Å². The molecule has 1 unspecified atom stereocenters. The highest BCUT2D eigenvalue weighted by Gasteiger charge is 2.25. The van der Waals surface area contributed by atoms with Crippen LogP contribution in [0.25, 0.3) is 0 Å². The number of esters is 1. The van der Waals surface area contributed by atoms with Crippen molar-refractivity contribution in [1.29, 1.82) is 0 Å². The molecule has 94 valence electrons. The Bertz CT molecular complexity index is 396. The van der Waals surface area contributed by atoms with Crippen LogP contribution in [0.15, 0.2) is 18.2 Å². The predicted octanol–water partition coefficient (Wildman–Crippen LogP) is 2.18. The zero-order chi connectivity index (χ0) is 12.8. The van der Waals surface area contributed by atoms with Gasteiger partial charge in [-0.15, -0.1) is 0 Å². The van der Waals surface area contributed by atoms with E-state index in [9.17, 15) is 13.6 Å². The fourth-order valence-electron chi connectivity index (χ4n) is 1.47. The summed E-state index contributed by atoms with van der Waals surface area (Å²) in [5, 5.41) is 2.82. The average Bonchev–Trinajstić information content (AvgIpc) is 2.34. The average molecular weight is 243 g/mol. The highest BCUT2D eigenvalue weighted by molar-refractivity contribution is 5.77. The van der Waals surface area contributed by atoms with Gasteiger partial charge in [0.1, 0.15) is 6.04 Å². The van der Waals surface area contributed by atoms with Gasteiger partial charge in [0.2, 0.25) is 0 Å². The van der Waals surface area contributed by atoms with E-state index in [4.69, 9.17) is 0 Å². The summed E-state index contributed by atoms with van der Waals surface area (Å²) in [4.78, 5) is 11.5. The van der Waals surface area contributed by atoms with Gasteiger partial charge < -0.3 is 10.1 Å². The van der Waals surface area contributed by atoms with Crippen molar-refractivity contribution in [3.63, 3.8) is 0 Å². The fraction of sp³-hybridized carbons (Fsp3) is 0.417. The lowest BCUT2D eigenvalue weighted by molar-refractivity contribution is -0.143. The van der Waals surface area contributed by atoms with Crippen LogP contribution in [0.4, 0.5) is 8.78 Å². The summed E-state index contributed by atoms with van der Waals surface area (Å²) in [6.45, 7) is 2.42. The van der Waals surface area contributed by atoms with Crippen molar-refractivity contribution >= 4 is 5.97 Å². The molecule has 3 nitrogen and oxygen atoms in total. The Morgan fingerprint density at radius 3 is 2.76 bits per heavy atom. The van der Waals surface area contributed by atoms with E-state index in [-0.39, 0.29) is 5.56 Å². The van der Waals surface area contributed by atoms with Crippen LogP contribution < -0.4 is 5.32 Å². The molecule has 1 atom stereocenters. The van der Waals surface area contributed by atoms with Gasteiger partial charge in [-0.1, -0.05) is 19.1 Å². The first-order chi connectivity index (χ1) is 8.11. The van der Waals surface area contributed by atoms with E-state index in [1.165, 1.54) is 19.2 Å². The van der Waals surface area contributed by atoms with E-state index in [0.29, 0.717) is 6.54 Å². The molecule has 0 radical (unpaired) electrons. The molecule has 5 heteroatoms. The number of nitrogens with one attached hydrogen (secondary N) is 1. The van der Waals surface area contributed by atoms with Crippen LogP contribution in [0.2, 0.25) is 0 Å². The highest BCUT2D eigenvalue weighted by Crippen LogP contribution is 2.20. The lowest BCUT2D eigenvalue weighted by atomic mass is 10.1. The molecule has 1 rings (SSSR count). The van der Waals surface area contributed by atoms with Gasteiger partial charge in [0, 0.05) is 5.56 Å². The second-order valence-corrected chi connectivity index (χ2v) is 3.55. The van der Waals surface area contributed by atoms with E-state index in [1.54, 1.807) is 0 Å². The number of carbonyl (C=O) groups excluding carboxylic acids is 1. The van der Waals surface area contributed by atoms with E-state index in [0.717, 1.165) is 12.5 Å². The zero-order valence-corrected chi connectivity index (χ0v) is 9.80. The topological polar surface area (TPSA) is 38.3 Å². The van der Waals surface area contributed by atoms with Gasteiger partial charge in [-0.05, 0) is 19.0 Å². The van der Waals surface area contributed by atoms with E-state index in [1.807, 2.05) is 6.92 Å². The predicted molar refractivity (Wildman–Crippen MR) is 59.4 cm³/mol. The SMILES string of the molecule is CCCNC(C(=O)OC)c1cccc(F)c1F. The molecular formula is C12H15F2NO2. The highest BCUT2D eigenvalue weighted by atomic mass is 19.2. The van der Waals surface area contributed by atoms with Crippen LogP contribution in [0.3, 0.4) is 0 Å². The third-order valence-corrected chi connectivity index (χ3v) is 2.33. The molecule has 0 bridgehead atoms. The fourth-order valence-corrected chi connectivity index (χ4v) is 1.47. The van der Waals surface area contributed by atoms with Gasteiger partial charge in [0.15, 0.2) is 11.6 Å². The van der Waals surface area contributed by atoms with Crippen molar-refractivity contribution in [2.75, 3.05) is 13.7 Å². The summed E-state index contributed by atoms with van der Waals surface area (Å²) in [7, 11) is 1.21. The van der Waals surface area contributed by atoms with Gasteiger partial charge in [-0.2, -0.15) is 0 Å². The third-order valence-electron chi connectivity index (χ3n) is 2.33. The van der Waals surface area contributed by atoms with Crippen LogP contribution in [0.1, 0.15) is 24.9 Å². The summed E-state index contributed by atoms with van der Waals surface area (Å²) in [5.74, 6) is -2.64. The van der Waals surface area contributed by atoms with Crippen molar-refractivity contribution in [2.24, 2.45) is 0 Å². The Balaban J connectivity index is 3.03. The van der Waals surface area contributed by atoms with Gasteiger partial charge in [-0.3, -0.25) is 0 Å². The molecule has 0 aromatic heterocycles. The number of methoxy groups -OCH3 is 1. The summed E-state index contributed by atoms with van der Waals surface area (Å²) in [6, 6.07) is 2.75. The second kappa shape index (κ2) is 6.30. The molecule has 0 heterocycles. The number of ether oxygens (including phenoxy) is 1. The Kier molecular flexibility index (Phi) is 5.03. The summed E-state index contributed by atoms with van der Waals surface area (Å²) in [5.41, 5.74) is -0.0368. The number of halogens is 2.